The molecule has 0 heterocycles. The lowest BCUT2D eigenvalue weighted by atomic mass is 9.91. The summed E-state index contributed by atoms with van der Waals surface area (Å²) in [6.45, 7) is 9.39. The zero-order valence-corrected chi connectivity index (χ0v) is 13.9. The summed E-state index contributed by atoms with van der Waals surface area (Å²) in [5, 5.41) is 4.87. The molecule has 1 aliphatic rings. The molecule has 1 saturated carbocycles. The van der Waals surface area contributed by atoms with Gasteiger partial charge >= 0.3 is 0 Å². The van der Waals surface area contributed by atoms with Gasteiger partial charge in [0.2, 0.25) is 0 Å². The maximum atomic E-state index is 3.97. The molecule has 0 bridgehead atoms. The highest BCUT2D eigenvalue weighted by atomic mass is 32.2. The molecular weight excluding hydrogens is 238 g/mol. The molecule has 1 aliphatic carbocycles. The van der Waals surface area contributed by atoms with Crippen molar-refractivity contribution in [1.82, 2.24) is 5.32 Å². The Balaban J connectivity index is 2.43. The van der Waals surface area contributed by atoms with Crippen LogP contribution in [0.5, 0.6) is 0 Å². The average Bonchev–Trinajstić information content (AvgIpc) is 2.27. The molecule has 1 N–H and O–H groups in total. The first kappa shape index (κ1) is 16.4. The summed E-state index contributed by atoms with van der Waals surface area (Å²) in [5.74, 6) is 1.61. The maximum absolute atomic E-state index is 3.97. The molecule has 0 aromatic rings. The van der Waals surface area contributed by atoms with Crippen molar-refractivity contribution in [1.29, 1.82) is 0 Å². The quantitative estimate of drug-likeness (QED) is 0.719. The Labute approximate surface area is 119 Å². The maximum Gasteiger partial charge on any atom is 0.00802 e. The van der Waals surface area contributed by atoms with Crippen molar-refractivity contribution >= 4 is 11.8 Å². The average molecular weight is 272 g/mol. The zero-order chi connectivity index (χ0) is 13.5. The monoisotopic (exact) mass is 271 g/mol. The molecule has 0 radical (unpaired) electrons. The van der Waals surface area contributed by atoms with Crippen LogP contribution in [0.25, 0.3) is 0 Å². The van der Waals surface area contributed by atoms with Crippen LogP contribution in [0.4, 0.5) is 0 Å². The fourth-order valence-corrected chi connectivity index (χ4v) is 4.04. The van der Waals surface area contributed by atoms with E-state index in [2.05, 4.69) is 51.0 Å². The Bertz CT molecular complexity index is 205. The molecule has 1 fully saturated rings. The van der Waals surface area contributed by atoms with Gasteiger partial charge in [0.05, 0.1) is 0 Å². The number of nitrogens with one attached hydrogen (secondary N) is 1. The lowest BCUT2D eigenvalue weighted by molar-refractivity contribution is 0.288. The Morgan fingerprint density at radius 3 is 2.17 bits per heavy atom. The van der Waals surface area contributed by atoms with Gasteiger partial charge in [0.1, 0.15) is 0 Å². The van der Waals surface area contributed by atoms with E-state index in [0.29, 0.717) is 0 Å². The van der Waals surface area contributed by atoms with E-state index in [1.54, 1.807) is 0 Å². The molecule has 108 valence electrons. The molecule has 18 heavy (non-hydrogen) atoms. The van der Waals surface area contributed by atoms with Gasteiger partial charge in [-0.3, -0.25) is 0 Å². The van der Waals surface area contributed by atoms with Gasteiger partial charge in [0.25, 0.3) is 0 Å². The lowest BCUT2D eigenvalue weighted by Crippen LogP contribution is -2.43. The predicted molar refractivity (Wildman–Crippen MR) is 85.4 cm³/mol. The smallest absolute Gasteiger partial charge is 0.00802 e. The molecule has 0 saturated heterocycles. The predicted octanol–water partition coefficient (Wildman–Crippen LogP) is 4.71. The van der Waals surface area contributed by atoms with Crippen LogP contribution in [0, 0.1) is 11.8 Å². The molecule has 2 atom stereocenters. The third kappa shape index (κ3) is 6.47. The van der Waals surface area contributed by atoms with E-state index in [4.69, 9.17) is 0 Å². The molecule has 0 aromatic heterocycles. The molecule has 2 heteroatoms. The topological polar surface area (TPSA) is 12.0 Å². The summed E-state index contributed by atoms with van der Waals surface area (Å²) >= 11 is 2.06. The third-order valence-corrected chi connectivity index (χ3v) is 5.04. The van der Waals surface area contributed by atoms with Crippen LogP contribution in [0.15, 0.2) is 0 Å². The fourth-order valence-electron chi connectivity index (χ4n) is 3.21. The Hall–Kier alpha value is 0.310. The van der Waals surface area contributed by atoms with Gasteiger partial charge < -0.3 is 5.32 Å². The summed E-state index contributed by atoms with van der Waals surface area (Å²) < 4.78 is 0. The van der Waals surface area contributed by atoms with Gasteiger partial charge in [-0.1, -0.05) is 34.1 Å². The van der Waals surface area contributed by atoms with Crippen molar-refractivity contribution in [3.63, 3.8) is 0 Å². The first-order chi connectivity index (χ1) is 8.51. The zero-order valence-electron chi connectivity index (χ0n) is 13.0. The Morgan fingerprint density at radius 1 is 1.06 bits per heavy atom. The minimum atomic E-state index is 0.732. The van der Waals surface area contributed by atoms with Gasteiger partial charge in [0, 0.05) is 17.3 Å². The molecule has 0 amide bonds. The van der Waals surface area contributed by atoms with Gasteiger partial charge in [-0.05, 0) is 50.2 Å². The van der Waals surface area contributed by atoms with Crippen LogP contribution in [-0.2, 0) is 0 Å². The summed E-state index contributed by atoms with van der Waals surface area (Å²) in [4.78, 5) is 0. The molecule has 2 unspecified atom stereocenters. The second-order valence-electron chi connectivity index (χ2n) is 6.84. The molecular formula is C16H33NS. The SMILES string of the molecule is CSC1CCCC(NC(CC(C)C)CC(C)C)C1. The standard InChI is InChI=1S/C16H33NS/c1-12(2)9-15(10-13(3)4)17-14-7-6-8-16(11-14)18-5/h12-17H,6-11H2,1-5H3. The van der Waals surface area contributed by atoms with E-state index in [0.717, 1.165) is 29.2 Å². The van der Waals surface area contributed by atoms with Crippen LogP contribution in [-0.4, -0.2) is 23.6 Å². The largest absolute Gasteiger partial charge is 0.311 e. The van der Waals surface area contributed by atoms with Crippen LogP contribution < -0.4 is 5.32 Å². The van der Waals surface area contributed by atoms with E-state index < -0.39 is 0 Å². The van der Waals surface area contributed by atoms with Crippen LogP contribution in [0.1, 0.15) is 66.2 Å². The van der Waals surface area contributed by atoms with Crippen LogP contribution in [0.3, 0.4) is 0 Å². The van der Waals surface area contributed by atoms with Gasteiger partial charge in [-0.25, -0.2) is 0 Å². The number of thioether (sulfide) groups is 1. The second-order valence-corrected chi connectivity index (χ2v) is 7.98. The van der Waals surface area contributed by atoms with Gasteiger partial charge in [-0.15, -0.1) is 0 Å². The molecule has 1 rings (SSSR count). The van der Waals surface area contributed by atoms with E-state index in [1.165, 1.54) is 38.5 Å². The van der Waals surface area contributed by atoms with Crippen molar-refractivity contribution in [2.24, 2.45) is 11.8 Å². The van der Waals surface area contributed by atoms with Crippen molar-refractivity contribution in [2.75, 3.05) is 6.26 Å². The normalized spacial score (nSPS) is 25.3. The minimum Gasteiger partial charge on any atom is -0.311 e. The summed E-state index contributed by atoms with van der Waals surface area (Å²) in [5.41, 5.74) is 0. The van der Waals surface area contributed by atoms with Gasteiger partial charge in [-0.2, -0.15) is 11.8 Å². The third-order valence-electron chi connectivity index (χ3n) is 3.94. The summed E-state index contributed by atoms with van der Waals surface area (Å²) in [6.07, 6.45) is 10.6. The first-order valence-electron chi connectivity index (χ1n) is 7.80. The van der Waals surface area contributed by atoms with E-state index in [9.17, 15) is 0 Å². The lowest BCUT2D eigenvalue weighted by Gasteiger charge is -2.33. The number of hydrogen-bond acceptors (Lipinski definition) is 2. The van der Waals surface area contributed by atoms with E-state index in [1.807, 2.05) is 0 Å². The van der Waals surface area contributed by atoms with E-state index in [-0.39, 0.29) is 0 Å². The fraction of sp³-hybridized carbons (Fsp3) is 1.00. The van der Waals surface area contributed by atoms with Crippen molar-refractivity contribution in [3.05, 3.63) is 0 Å². The van der Waals surface area contributed by atoms with Gasteiger partial charge in [0.15, 0.2) is 0 Å². The molecule has 0 aliphatic heterocycles. The summed E-state index contributed by atoms with van der Waals surface area (Å²) in [6, 6.07) is 1.51. The highest BCUT2D eigenvalue weighted by Crippen LogP contribution is 2.28. The number of rotatable bonds is 7. The first-order valence-corrected chi connectivity index (χ1v) is 9.08. The Morgan fingerprint density at radius 2 is 1.67 bits per heavy atom. The molecule has 1 nitrogen and oxygen atoms in total. The molecule has 0 aromatic carbocycles. The van der Waals surface area contributed by atoms with Crippen molar-refractivity contribution in [2.45, 2.75) is 83.6 Å². The second kappa shape index (κ2) is 8.47. The van der Waals surface area contributed by atoms with E-state index >= 15 is 0 Å². The van der Waals surface area contributed by atoms with Crippen molar-refractivity contribution in [3.8, 4) is 0 Å². The highest BCUT2D eigenvalue weighted by Gasteiger charge is 2.24. The van der Waals surface area contributed by atoms with Crippen molar-refractivity contribution < 1.29 is 0 Å². The molecule has 0 spiro atoms. The number of hydrogen-bond donors (Lipinski definition) is 1. The minimum absolute atomic E-state index is 0.732. The van der Waals surface area contributed by atoms with Crippen LogP contribution >= 0.6 is 11.8 Å². The van der Waals surface area contributed by atoms with Crippen LogP contribution in [0.2, 0.25) is 0 Å². The summed E-state index contributed by atoms with van der Waals surface area (Å²) in [7, 11) is 0. The highest BCUT2D eigenvalue weighted by molar-refractivity contribution is 7.99. The Kier molecular flexibility index (Phi) is 7.70.